The molecule has 0 saturated carbocycles. The van der Waals surface area contributed by atoms with Crippen LogP contribution in [-0.4, -0.2) is 30.9 Å². The molecule has 0 spiro atoms. The summed E-state index contributed by atoms with van der Waals surface area (Å²) in [4.78, 5) is 21.8. The molecular formula is C20H23N5OS. The maximum Gasteiger partial charge on any atom is 0.224 e. The summed E-state index contributed by atoms with van der Waals surface area (Å²) in [5.74, 6) is -0.0125. The number of rotatable bonds is 7. The summed E-state index contributed by atoms with van der Waals surface area (Å²) >= 11 is 1.82. The van der Waals surface area contributed by atoms with E-state index in [1.54, 1.807) is 23.3 Å². The van der Waals surface area contributed by atoms with Gasteiger partial charge in [-0.2, -0.15) is 5.10 Å². The summed E-state index contributed by atoms with van der Waals surface area (Å²) in [5, 5.41) is 7.94. The number of aryl methyl sites for hydroxylation is 1. The van der Waals surface area contributed by atoms with Gasteiger partial charge in [0.25, 0.3) is 0 Å². The Morgan fingerprint density at radius 2 is 1.96 bits per heavy atom. The topological polar surface area (TPSA) is 72.7 Å². The molecule has 27 heavy (non-hydrogen) atoms. The van der Waals surface area contributed by atoms with Crippen LogP contribution in [0.1, 0.15) is 25.1 Å². The van der Waals surface area contributed by atoms with Gasteiger partial charge in [0.05, 0.1) is 24.9 Å². The number of nitrogens with zero attached hydrogens (tertiary/aromatic N) is 4. The normalized spacial score (nSPS) is 11.0. The van der Waals surface area contributed by atoms with E-state index in [4.69, 9.17) is 0 Å². The summed E-state index contributed by atoms with van der Waals surface area (Å²) in [6.07, 6.45) is 5.30. The maximum atomic E-state index is 12.3. The van der Waals surface area contributed by atoms with Gasteiger partial charge >= 0.3 is 0 Å². The smallest absolute Gasteiger partial charge is 0.224 e. The van der Waals surface area contributed by atoms with E-state index in [2.05, 4.69) is 46.4 Å². The molecule has 0 aliphatic carbocycles. The van der Waals surface area contributed by atoms with E-state index in [-0.39, 0.29) is 5.91 Å². The van der Waals surface area contributed by atoms with Crippen molar-refractivity contribution >= 4 is 17.7 Å². The monoisotopic (exact) mass is 381 g/mol. The number of nitrogens with one attached hydrogen (secondary N) is 1. The second-order valence-corrected chi connectivity index (χ2v) is 8.15. The molecule has 0 fully saturated rings. The zero-order valence-corrected chi connectivity index (χ0v) is 16.5. The van der Waals surface area contributed by atoms with Gasteiger partial charge in [-0.15, -0.1) is 11.8 Å². The fraction of sp³-hybridized carbons (Fsp3) is 0.300. The summed E-state index contributed by atoms with van der Waals surface area (Å²) in [5.41, 5.74) is 3.37. The molecule has 3 rings (SSSR count). The highest BCUT2D eigenvalue weighted by Crippen LogP contribution is 2.23. The number of thioether (sulfide) groups is 1. The highest BCUT2D eigenvalue weighted by Gasteiger charge is 2.10. The third-order valence-corrected chi connectivity index (χ3v) is 4.94. The zero-order chi connectivity index (χ0) is 19.2. The molecule has 1 aromatic carbocycles. The van der Waals surface area contributed by atoms with Crippen LogP contribution in [0.2, 0.25) is 0 Å². The number of carbonyl (C=O) groups is 1. The van der Waals surface area contributed by atoms with Gasteiger partial charge in [0.15, 0.2) is 0 Å². The summed E-state index contributed by atoms with van der Waals surface area (Å²) < 4.78 is 1.75. The van der Waals surface area contributed by atoms with Crippen LogP contribution in [0.4, 0.5) is 0 Å². The van der Waals surface area contributed by atoms with Crippen LogP contribution in [0, 0.1) is 0 Å². The number of carbonyl (C=O) groups excluding carboxylic acids is 1. The molecule has 0 aliphatic rings. The van der Waals surface area contributed by atoms with Crippen molar-refractivity contribution in [2.24, 2.45) is 7.05 Å². The van der Waals surface area contributed by atoms with Crippen LogP contribution in [-0.2, 0) is 24.8 Å². The van der Waals surface area contributed by atoms with E-state index in [0.717, 1.165) is 17.0 Å². The minimum absolute atomic E-state index is 0.0125. The average molecular weight is 382 g/mol. The van der Waals surface area contributed by atoms with Crippen molar-refractivity contribution in [1.82, 2.24) is 25.1 Å². The first-order valence-electron chi connectivity index (χ1n) is 8.83. The molecule has 0 saturated heterocycles. The highest BCUT2D eigenvalue weighted by atomic mass is 32.2. The quantitative estimate of drug-likeness (QED) is 0.636. The van der Waals surface area contributed by atoms with Crippen LogP contribution in [0.5, 0.6) is 0 Å². The molecule has 140 valence electrons. The molecule has 7 heteroatoms. The fourth-order valence-electron chi connectivity index (χ4n) is 2.62. The lowest BCUT2D eigenvalue weighted by Crippen LogP contribution is -2.25. The van der Waals surface area contributed by atoms with Crippen LogP contribution in [0.3, 0.4) is 0 Å². The van der Waals surface area contributed by atoms with Crippen molar-refractivity contribution in [2.45, 2.75) is 37.0 Å². The van der Waals surface area contributed by atoms with Gasteiger partial charge in [-0.1, -0.05) is 26.0 Å². The van der Waals surface area contributed by atoms with E-state index in [1.807, 2.05) is 37.0 Å². The lowest BCUT2D eigenvalue weighted by atomic mass is 10.1. The largest absolute Gasteiger partial charge is 0.350 e. The van der Waals surface area contributed by atoms with E-state index in [9.17, 15) is 4.79 Å². The molecule has 2 heterocycles. The molecule has 1 amide bonds. The minimum atomic E-state index is -0.0125. The Balaban J connectivity index is 1.56. The number of hydrogen-bond acceptors (Lipinski definition) is 5. The predicted molar refractivity (Wildman–Crippen MR) is 107 cm³/mol. The Hall–Kier alpha value is -2.67. The highest BCUT2D eigenvalue weighted by molar-refractivity contribution is 7.99. The molecule has 0 bridgehead atoms. The maximum absolute atomic E-state index is 12.3. The van der Waals surface area contributed by atoms with Gasteiger partial charge < -0.3 is 5.32 Å². The lowest BCUT2D eigenvalue weighted by molar-refractivity contribution is -0.120. The summed E-state index contributed by atoms with van der Waals surface area (Å²) in [6, 6.07) is 10.1. The van der Waals surface area contributed by atoms with Gasteiger partial charge in [-0.05, 0) is 23.8 Å². The summed E-state index contributed by atoms with van der Waals surface area (Å²) in [7, 11) is 1.85. The molecule has 0 aliphatic heterocycles. The van der Waals surface area contributed by atoms with Crippen molar-refractivity contribution in [2.75, 3.05) is 0 Å². The van der Waals surface area contributed by atoms with Crippen molar-refractivity contribution in [3.05, 3.63) is 60.2 Å². The van der Waals surface area contributed by atoms with Gasteiger partial charge in [0, 0.05) is 29.6 Å². The first kappa shape index (κ1) is 19.1. The molecule has 0 unspecified atom stereocenters. The number of benzene rings is 1. The first-order valence-corrected chi connectivity index (χ1v) is 9.71. The zero-order valence-electron chi connectivity index (χ0n) is 15.7. The molecule has 0 radical (unpaired) electrons. The Kier molecular flexibility index (Phi) is 6.24. The van der Waals surface area contributed by atoms with Crippen molar-refractivity contribution < 1.29 is 4.79 Å². The van der Waals surface area contributed by atoms with Crippen LogP contribution >= 0.6 is 11.8 Å². The van der Waals surface area contributed by atoms with E-state index < -0.39 is 0 Å². The van der Waals surface area contributed by atoms with Crippen molar-refractivity contribution in [3.8, 4) is 11.4 Å². The molecule has 1 N–H and O–H groups in total. The van der Waals surface area contributed by atoms with Gasteiger partial charge in [-0.25, -0.2) is 0 Å². The third-order valence-electron chi connectivity index (χ3n) is 3.93. The molecule has 3 aromatic rings. The van der Waals surface area contributed by atoms with Crippen molar-refractivity contribution in [1.29, 1.82) is 0 Å². The van der Waals surface area contributed by atoms with Crippen LogP contribution in [0.15, 0.2) is 53.8 Å². The van der Waals surface area contributed by atoms with Crippen LogP contribution in [0.25, 0.3) is 11.4 Å². The van der Waals surface area contributed by atoms with Crippen LogP contribution < -0.4 is 5.32 Å². The number of hydrogen-bond donors (Lipinski definition) is 1. The Bertz CT molecular complexity index is 890. The molecular weight excluding hydrogens is 358 g/mol. The van der Waals surface area contributed by atoms with Gasteiger partial charge in [0.1, 0.15) is 11.4 Å². The first-order chi connectivity index (χ1) is 13.0. The predicted octanol–water partition coefficient (Wildman–Crippen LogP) is 3.24. The second-order valence-electron chi connectivity index (χ2n) is 6.50. The SMILES string of the molecule is CC(C)Sc1ccc(CC(=O)NCc2cc(-c3cnccn3)nn2C)cc1. The Morgan fingerprint density at radius 1 is 1.19 bits per heavy atom. The Morgan fingerprint density at radius 3 is 2.63 bits per heavy atom. The third kappa shape index (κ3) is 5.40. The minimum Gasteiger partial charge on any atom is -0.350 e. The summed E-state index contributed by atoms with van der Waals surface area (Å²) in [6.45, 7) is 4.75. The fourth-order valence-corrected chi connectivity index (χ4v) is 3.46. The van der Waals surface area contributed by atoms with Gasteiger partial charge in [0.2, 0.25) is 5.91 Å². The van der Waals surface area contributed by atoms with Gasteiger partial charge in [-0.3, -0.25) is 19.4 Å². The Labute approximate surface area is 163 Å². The molecule has 6 nitrogen and oxygen atoms in total. The lowest BCUT2D eigenvalue weighted by Gasteiger charge is -2.07. The van der Waals surface area contributed by atoms with E-state index in [1.165, 1.54) is 4.90 Å². The number of amides is 1. The second kappa shape index (κ2) is 8.81. The van der Waals surface area contributed by atoms with E-state index >= 15 is 0 Å². The van der Waals surface area contributed by atoms with E-state index in [0.29, 0.717) is 23.9 Å². The average Bonchev–Trinajstić information content (AvgIpc) is 3.03. The molecule has 0 atom stereocenters. The number of aromatic nitrogens is 4. The molecule has 2 aromatic heterocycles. The van der Waals surface area contributed by atoms with Crippen molar-refractivity contribution in [3.63, 3.8) is 0 Å². The standard InChI is InChI=1S/C20H23N5OS/c1-14(2)27-17-6-4-15(5-7-17)10-20(26)23-12-16-11-18(24-25(16)3)19-13-21-8-9-22-19/h4-9,11,13-14H,10,12H2,1-3H3,(H,23,26).